The SMILES string of the molecule is CCc1ccccc1NC(=O)CNC(=O)c1ccccc1C(=O)c1ccccc1. The zero-order valence-electron chi connectivity index (χ0n) is 16.1. The van der Waals surface area contributed by atoms with Crippen LogP contribution in [0.4, 0.5) is 5.69 Å². The minimum Gasteiger partial charge on any atom is -0.343 e. The van der Waals surface area contributed by atoms with Crippen LogP contribution in [0, 0.1) is 0 Å². The van der Waals surface area contributed by atoms with Crippen LogP contribution in [0.25, 0.3) is 0 Å². The molecule has 3 rings (SSSR count). The van der Waals surface area contributed by atoms with Crippen LogP contribution in [-0.2, 0) is 11.2 Å². The second-order valence-corrected chi connectivity index (χ2v) is 6.48. The van der Waals surface area contributed by atoms with Gasteiger partial charge in [-0.15, -0.1) is 0 Å². The average Bonchev–Trinajstić information content (AvgIpc) is 2.78. The second kappa shape index (κ2) is 9.46. The molecule has 0 heterocycles. The summed E-state index contributed by atoms with van der Waals surface area (Å²) in [6.07, 6.45) is 0.789. The predicted molar refractivity (Wildman–Crippen MR) is 113 cm³/mol. The van der Waals surface area contributed by atoms with Gasteiger partial charge in [0.2, 0.25) is 5.91 Å². The van der Waals surface area contributed by atoms with Crippen LogP contribution in [-0.4, -0.2) is 24.1 Å². The molecule has 0 aliphatic rings. The first kappa shape index (κ1) is 20.0. The summed E-state index contributed by atoms with van der Waals surface area (Å²) in [5.74, 6) is -1.03. The molecule has 0 atom stereocenters. The Morgan fingerprint density at radius 1 is 0.759 bits per heavy atom. The largest absolute Gasteiger partial charge is 0.343 e. The van der Waals surface area contributed by atoms with Crippen molar-refractivity contribution in [2.24, 2.45) is 0 Å². The van der Waals surface area contributed by atoms with Crippen LogP contribution in [0.15, 0.2) is 78.9 Å². The van der Waals surface area contributed by atoms with Crippen molar-refractivity contribution in [2.45, 2.75) is 13.3 Å². The summed E-state index contributed by atoms with van der Waals surface area (Å²) in [6.45, 7) is 1.82. The number of para-hydroxylation sites is 1. The van der Waals surface area contributed by atoms with Crippen molar-refractivity contribution in [3.8, 4) is 0 Å². The summed E-state index contributed by atoms with van der Waals surface area (Å²) in [4.78, 5) is 37.7. The number of rotatable bonds is 7. The minimum atomic E-state index is -0.469. The Labute approximate surface area is 169 Å². The molecule has 0 bridgehead atoms. The van der Waals surface area contributed by atoms with Crippen molar-refractivity contribution in [2.75, 3.05) is 11.9 Å². The Morgan fingerprint density at radius 3 is 2.10 bits per heavy atom. The molecular weight excluding hydrogens is 364 g/mol. The summed E-state index contributed by atoms with van der Waals surface area (Å²) in [5, 5.41) is 5.41. The molecule has 0 radical (unpaired) electrons. The lowest BCUT2D eigenvalue weighted by molar-refractivity contribution is -0.115. The summed E-state index contributed by atoms with van der Waals surface area (Å²) >= 11 is 0. The van der Waals surface area contributed by atoms with Crippen molar-refractivity contribution >= 4 is 23.3 Å². The van der Waals surface area contributed by atoms with Gasteiger partial charge in [-0.05, 0) is 24.1 Å². The van der Waals surface area contributed by atoms with Gasteiger partial charge in [-0.2, -0.15) is 0 Å². The Hall–Kier alpha value is -3.73. The monoisotopic (exact) mass is 386 g/mol. The number of hydrogen-bond acceptors (Lipinski definition) is 3. The number of carbonyl (C=O) groups is 3. The lowest BCUT2D eigenvalue weighted by atomic mass is 9.98. The minimum absolute atomic E-state index is 0.190. The van der Waals surface area contributed by atoms with Gasteiger partial charge in [0, 0.05) is 16.8 Å². The highest BCUT2D eigenvalue weighted by Crippen LogP contribution is 2.16. The normalized spacial score (nSPS) is 10.2. The maximum absolute atomic E-state index is 12.8. The van der Waals surface area contributed by atoms with Crippen LogP contribution in [0.2, 0.25) is 0 Å². The topological polar surface area (TPSA) is 75.3 Å². The number of amides is 2. The molecule has 5 nitrogen and oxygen atoms in total. The van der Waals surface area contributed by atoms with Gasteiger partial charge in [-0.1, -0.05) is 73.7 Å². The fourth-order valence-corrected chi connectivity index (χ4v) is 3.02. The Bertz CT molecular complexity index is 1030. The lowest BCUT2D eigenvalue weighted by Gasteiger charge is -2.12. The van der Waals surface area contributed by atoms with E-state index < -0.39 is 5.91 Å². The Balaban J connectivity index is 1.68. The molecule has 5 heteroatoms. The maximum atomic E-state index is 12.8. The molecule has 3 aromatic carbocycles. The van der Waals surface area contributed by atoms with Gasteiger partial charge in [0.25, 0.3) is 5.91 Å². The van der Waals surface area contributed by atoms with Gasteiger partial charge in [0.05, 0.1) is 12.1 Å². The van der Waals surface area contributed by atoms with E-state index in [9.17, 15) is 14.4 Å². The number of aryl methyl sites for hydroxylation is 1. The predicted octanol–water partition coefficient (Wildman–Crippen LogP) is 3.85. The van der Waals surface area contributed by atoms with Crippen molar-refractivity contribution in [1.29, 1.82) is 0 Å². The quantitative estimate of drug-likeness (QED) is 0.606. The molecule has 0 aromatic heterocycles. The molecule has 146 valence electrons. The average molecular weight is 386 g/mol. The zero-order chi connectivity index (χ0) is 20.6. The molecule has 0 aliphatic carbocycles. The molecule has 0 saturated heterocycles. The van der Waals surface area contributed by atoms with Gasteiger partial charge in [0.15, 0.2) is 5.78 Å². The van der Waals surface area contributed by atoms with E-state index in [1.54, 1.807) is 48.5 Å². The zero-order valence-corrected chi connectivity index (χ0v) is 16.1. The Morgan fingerprint density at radius 2 is 1.38 bits per heavy atom. The summed E-state index contributed by atoms with van der Waals surface area (Å²) in [7, 11) is 0. The van der Waals surface area contributed by atoms with Crippen LogP contribution in [0.1, 0.15) is 38.8 Å². The molecule has 2 amide bonds. The summed E-state index contributed by atoms with van der Waals surface area (Å²) < 4.78 is 0. The third kappa shape index (κ3) is 4.96. The first-order chi connectivity index (χ1) is 14.1. The van der Waals surface area contributed by atoms with E-state index in [-0.39, 0.29) is 23.8 Å². The number of anilines is 1. The van der Waals surface area contributed by atoms with Gasteiger partial charge < -0.3 is 10.6 Å². The number of carbonyl (C=O) groups excluding carboxylic acids is 3. The van der Waals surface area contributed by atoms with Crippen molar-refractivity contribution < 1.29 is 14.4 Å². The maximum Gasteiger partial charge on any atom is 0.252 e. The highest BCUT2D eigenvalue weighted by molar-refractivity contribution is 6.15. The molecule has 0 fully saturated rings. The number of benzene rings is 3. The van der Waals surface area contributed by atoms with E-state index in [0.717, 1.165) is 17.7 Å². The van der Waals surface area contributed by atoms with Crippen LogP contribution in [0.3, 0.4) is 0 Å². The van der Waals surface area contributed by atoms with Gasteiger partial charge in [0.1, 0.15) is 0 Å². The number of nitrogens with one attached hydrogen (secondary N) is 2. The van der Waals surface area contributed by atoms with Crippen molar-refractivity contribution in [3.63, 3.8) is 0 Å². The molecule has 3 aromatic rings. The van der Waals surface area contributed by atoms with E-state index in [1.807, 2.05) is 37.3 Å². The third-order valence-corrected chi connectivity index (χ3v) is 4.53. The van der Waals surface area contributed by atoms with E-state index in [0.29, 0.717) is 11.1 Å². The fraction of sp³-hybridized carbons (Fsp3) is 0.125. The van der Waals surface area contributed by atoms with Gasteiger partial charge in [-0.3, -0.25) is 14.4 Å². The van der Waals surface area contributed by atoms with E-state index in [4.69, 9.17) is 0 Å². The van der Waals surface area contributed by atoms with Crippen molar-refractivity contribution in [1.82, 2.24) is 5.32 Å². The number of hydrogen-bond donors (Lipinski definition) is 2. The third-order valence-electron chi connectivity index (χ3n) is 4.53. The van der Waals surface area contributed by atoms with E-state index in [2.05, 4.69) is 10.6 Å². The fourth-order valence-electron chi connectivity index (χ4n) is 3.02. The van der Waals surface area contributed by atoms with Crippen LogP contribution >= 0.6 is 0 Å². The van der Waals surface area contributed by atoms with E-state index in [1.165, 1.54) is 0 Å². The standard InChI is InChI=1S/C24H22N2O3/c1-2-17-10-6-9-15-21(17)26-22(27)16-25-24(29)20-14-8-7-13-19(20)23(28)18-11-4-3-5-12-18/h3-15H,2,16H2,1H3,(H,25,29)(H,26,27). The van der Waals surface area contributed by atoms with Crippen LogP contribution < -0.4 is 10.6 Å². The first-order valence-corrected chi connectivity index (χ1v) is 9.45. The molecular formula is C24H22N2O3. The first-order valence-electron chi connectivity index (χ1n) is 9.45. The Kier molecular flexibility index (Phi) is 6.53. The van der Waals surface area contributed by atoms with Gasteiger partial charge >= 0.3 is 0 Å². The molecule has 0 unspecified atom stereocenters. The second-order valence-electron chi connectivity index (χ2n) is 6.48. The molecule has 29 heavy (non-hydrogen) atoms. The van der Waals surface area contributed by atoms with Crippen molar-refractivity contribution in [3.05, 3.63) is 101 Å². The van der Waals surface area contributed by atoms with Crippen LogP contribution in [0.5, 0.6) is 0 Å². The smallest absolute Gasteiger partial charge is 0.252 e. The molecule has 0 aliphatic heterocycles. The summed E-state index contributed by atoms with van der Waals surface area (Å²) in [5.41, 5.74) is 2.79. The molecule has 2 N–H and O–H groups in total. The lowest BCUT2D eigenvalue weighted by Crippen LogP contribution is -2.33. The highest BCUT2D eigenvalue weighted by atomic mass is 16.2. The van der Waals surface area contributed by atoms with E-state index >= 15 is 0 Å². The van der Waals surface area contributed by atoms with Gasteiger partial charge in [-0.25, -0.2) is 0 Å². The highest BCUT2D eigenvalue weighted by Gasteiger charge is 2.18. The molecule has 0 spiro atoms. The molecule has 0 saturated carbocycles. The number of ketones is 1. The summed E-state index contributed by atoms with van der Waals surface area (Å²) in [6, 6.07) is 22.9.